The SMILES string of the molecule is CC1CC(Oc2cc(Cl)nc(C(C)(C)C)n2)CC(C)(C)C1. The Morgan fingerprint density at radius 1 is 1.24 bits per heavy atom. The molecule has 118 valence electrons. The Morgan fingerprint density at radius 3 is 2.48 bits per heavy atom. The second-order valence-corrected chi connectivity index (χ2v) is 8.64. The maximum absolute atomic E-state index is 6.14. The smallest absolute Gasteiger partial charge is 0.218 e. The highest BCUT2D eigenvalue weighted by Gasteiger charge is 2.33. The lowest BCUT2D eigenvalue weighted by molar-refractivity contribution is 0.0528. The van der Waals surface area contributed by atoms with Gasteiger partial charge in [-0.3, -0.25) is 0 Å². The van der Waals surface area contributed by atoms with E-state index < -0.39 is 0 Å². The molecule has 2 rings (SSSR count). The normalized spacial score (nSPS) is 25.7. The van der Waals surface area contributed by atoms with Crippen LogP contribution < -0.4 is 4.74 Å². The summed E-state index contributed by atoms with van der Waals surface area (Å²) in [5.74, 6) is 2.01. The van der Waals surface area contributed by atoms with Gasteiger partial charge in [-0.05, 0) is 30.6 Å². The van der Waals surface area contributed by atoms with E-state index in [0.717, 1.165) is 18.7 Å². The molecule has 0 amide bonds. The highest BCUT2D eigenvalue weighted by Crippen LogP contribution is 2.40. The summed E-state index contributed by atoms with van der Waals surface area (Å²) >= 11 is 6.13. The fourth-order valence-electron chi connectivity index (χ4n) is 3.31. The average molecular weight is 311 g/mol. The summed E-state index contributed by atoms with van der Waals surface area (Å²) in [6.45, 7) is 13.2. The average Bonchev–Trinajstić information content (AvgIpc) is 2.23. The zero-order chi connectivity index (χ0) is 15.8. The number of hydrogen-bond acceptors (Lipinski definition) is 3. The van der Waals surface area contributed by atoms with E-state index in [-0.39, 0.29) is 11.5 Å². The molecule has 1 aliphatic carbocycles. The third-order valence-electron chi connectivity index (χ3n) is 3.98. The quantitative estimate of drug-likeness (QED) is 0.719. The summed E-state index contributed by atoms with van der Waals surface area (Å²) in [5, 5.41) is 0.452. The van der Waals surface area contributed by atoms with Gasteiger partial charge in [0, 0.05) is 11.5 Å². The van der Waals surface area contributed by atoms with Gasteiger partial charge in [-0.25, -0.2) is 4.98 Å². The Balaban J connectivity index is 2.18. The maximum Gasteiger partial charge on any atom is 0.218 e. The molecule has 4 heteroatoms. The minimum atomic E-state index is -0.137. The molecule has 1 saturated carbocycles. The van der Waals surface area contributed by atoms with Crippen molar-refractivity contribution in [1.29, 1.82) is 0 Å². The van der Waals surface area contributed by atoms with E-state index in [1.807, 2.05) is 0 Å². The molecule has 0 radical (unpaired) electrons. The minimum Gasteiger partial charge on any atom is -0.474 e. The van der Waals surface area contributed by atoms with Crippen molar-refractivity contribution in [3.63, 3.8) is 0 Å². The van der Waals surface area contributed by atoms with Crippen LogP contribution in [0.2, 0.25) is 5.15 Å². The molecule has 0 saturated heterocycles. The lowest BCUT2D eigenvalue weighted by atomic mass is 9.71. The van der Waals surface area contributed by atoms with Crippen LogP contribution in [0.1, 0.15) is 66.6 Å². The first-order valence-electron chi connectivity index (χ1n) is 7.77. The van der Waals surface area contributed by atoms with Gasteiger partial charge in [-0.15, -0.1) is 0 Å². The lowest BCUT2D eigenvalue weighted by Gasteiger charge is -2.38. The van der Waals surface area contributed by atoms with Gasteiger partial charge in [0.2, 0.25) is 5.88 Å². The van der Waals surface area contributed by atoms with Crippen LogP contribution in [0.25, 0.3) is 0 Å². The second-order valence-electron chi connectivity index (χ2n) is 8.26. The molecule has 1 aromatic heterocycles. The predicted molar refractivity (Wildman–Crippen MR) is 87.0 cm³/mol. The molecular weight excluding hydrogens is 284 g/mol. The van der Waals surface area contributed by atoms with Gasteiger partial charge in [-0.1, -0.05) is 53.1 Å². The minimum absolute atomic E-state index is 0.137. The van der Waals surface area contributed by atoms with Crippen molar-refractivity contribution < 1.29 is 4.74 Å². The molecular formula is C17H27ClN2O. The topological polar surface area (TPSA) is 35.0 Å². The first kappa shape index (κ1) is 16.5. The van der Waals surface area contributed by atoms with Crippen LogP contribution in [-0.4, -0.2) is 16.1 Å². The fraction of sp³-hybridized carbons (Fsp3) is 0.765. The summed E-state index contributed by atoms with van der Waals surface area (Å²) in [6.07, 6.45) is 3.60. The number of aromatic nitrogens is 2. The van der Waals surface area contributed by atoms with Crippen LogP contribution in [0.3, 0.4) is 0 Å². The molecule has 1 aromatic rings. The van der Waals surface area contributed by atoms with Crippen molar-refractivity contribution in [1.82, 2.24) is 9.97 Å². The largest absolute Gasteiger partial charge is 0.474 e. The monoisotopic (exact) mass is 310 g/mol. The first-order valence-corrected chi connectivity index (χ1v) is 8.15. The van der Waals surface area contributed by atoms with Gasteiger partial charge in [0.25, 0.3) is 0 Å². The summed E-state index contributed by atoms with van der Waals surface area (Å²) in [7, 11) is 0. The van der Waals surface area contributed by atoms with Gasteiger partial charge in [0.15, 0.2) is 0 Å². The van der Waals surface area contributed by atoms with Gasteiger partial charge in [0.1, 0.15) is 17.1 Å². The Hall–Kier alpha value is -0.830. The Labute approximate surface area is 133 Å². The summed E-state index contributed by atoms with van der Waals surface area (Å²) in [6, 6.07) is 1.73. The summed E-state index contributed by atoms with van der Waals surface area (Å²) in [4.78, 5) is 8.87. The third-order valence-corrected chi connectivity index (χ3v) is 4.17. The number of ether oxygens (including phenoxy) is 1. The molecule has 0 spiro atoms. The van der Waals surface area contributed by atoms with Gasteiger partial charge >= 0.3 is 0 Å². The van der Waals surface area contributed by atoms with Crippen LogP contribution >= 0.6 is 11.6 Å². The number of nitrogens with zero attached hydrogens (tertiary/aromatic N) is 2. The molecule has 0 aliphatic heterocycles. The number of hydrogen-bond donors (Lipinski definition) is 0. The zero-order valence-corrected chi connectivity index (χ0v) is 14.8. The van der Waals surface area contributed by atoms with Crippen LogP contribution in [-0.2, 0) is 5.41 Å². The first-order chi connectivity index (χ1) is 9.55. The fourth-order valence-corrected chi connectivity index (χ4v) is 3.49. The zero-order valence-electron chi connectivity index (χ0n) is 14.0. The van der Waals surface area contributed by atoms with Crippen LogP contribution in [0.4, 0.5) is 0 Å². The predicted octanol–water partition coefficient (Wildman–Crippen LogP) is 5.02. The van der Waals surface area contributed by atoms with Crippen LogP contribution in [0.15, 0.2) is 6.07 Å². The molecule has 0 aromatic carbocycles. The summed E-state index contributed by atoms with van der Waals surface area (Å²) in [5.41, 5.74) is 0.189. The molecule has 0 N–H and O–H groups in total. The summed E-state index contributed by atoms with van der Waals surface area (Å²) < 4.78 is 6.14. The highest BCUT2D eigenvalue weighted by atomic mass is 35.5. The van der Waals surface area contributed by atoms with Crippen molar-refractivity contribution in [2.75, 3.05) is 0 Å². The van der Waals surface area contributed by atoms with Crippen molar-refractivity contribution in [3.05, 3.63) is 17.0 Å². The standard InChI is InChI=1S/C17H27ClN2O/c1-11-7-12(10-17(5,6)9-11)21-14-8-13(18)19-15(20-14)16(2,3)4/h8,11-12H,7,9-10H2,1-6H3. The van der Waals surface area contributed by atoms with Crippen molar-refractivity contribution >= 4 is 11.6 Å². The molecule has 0 bridgehead atoms. The number of rotatable bonds is 2. The molecule has 21 heavy (non-hydrogen) atoms. The second kappa shape index (κ2) is 5.75. The van der Waals surface area contributed by atoms with Crippen LogP contribution in [0.5, 0.6) is 5.88 Å². The van der Waals surface area contributed by atoms with Gasteiger partial charge in [0.05, 0.1) is 0 Å². The number of halogens is 1. The van der Waals surface area contributed by atoms with E-state index in [2.05, 4.69) is 51.5 Å². The lowest BCUT2D eigenvalue weighted by Crippen LogP contribution is -2.34. The molecule has 2 unspecified atom stereocenters. The Morgan fingerprint density at radius 2 is 1.90 bits per heavy atom. The van der Waals surface area contributed by atoms with E-state index in [1.165, 1.54) is 6.42 Å². The van der Waals surface area contributed by atoms with E-state index in [1.54, 1.807) is 6.07 Å². The van der Waals surface area contributed by atoms with Crippen molar-refractivity contribution in [2.24, 2.45) is 11.3 Å². The van der Waals surface area contributed by atoms with Crippen LogP contribution in [0, 0.1) is 11.3 Å². The molecule has 2 atom stereocenters. The Bertz CT molecular complexity index is 508. The molecule has 1 aliphatic rings. The van der Waals surface area contributed by atoms with E-state index in [9.17, 15) is 0 Å². The van der Waals surface area contributed by atoms with Gasteiger partial charge < -0.3 is 4.74 Å². The molecule has 3 nitrogen and oxygen atoms in total. The molecule has 1 fully saturated rings. The van der Waals surface area contributed by atoms with Crippen molar-refractivity contribution in [3.8, 4) is 5.88 Å². The maximum atomic E-state index is 6.14. The van der Waals surface area contributed by atoms with Crippen molar-refractivity contribution in [2.45, 2.75) is 72.3 Å². The van der Waals surface area contributed by atoms with E-state index in [4.69, 9.17) is 16.3 Å². The van der Waals surface area contributed by atoms with E-state index in [0.29, 0.717) is 22.4 Å². The highest BCUT2D eigenvalue weighted by molar-refractivity contribution is 6.29. The van der Waals surface area contributed by atoms with E-state index >= 15 is 0 Å². The molecule has 1 heterocycles. The van der Waals surface area contributed by atoms with Gasteiger partial charge in [-0.2, -0.15) is 4.98 Å². The Kier molecular flexibility index (Phi) is 4.53. The third kappa shape index (κ3) is 4.57.